The quantitative estimate of drug-likeness (QED) is 0.733. The van der Waals surface area contributed by atoms with E-state index in [0.29, 0.717) is 36.1 Å². The van der Waals surface area contributed by atoms with E-state index < -0.39 is 5.60 Å². The number of carbonyl (C=O) groups is 1. The lowest BCUT2D eigenvalue weighted by atomic mass is 9.78. The third kappa shape index (κ3) is 4.98. The van der Waals surface area contributed by atoms with Crippen molar-refractivity contribution in [2.45, 2.75) is 64.9 Å². The van der Waals surface area contributed by atoms with Gasteiger partial charge in [0.05, 0.1) is 12.2 Å². The third-order valence-corrected chi connectivity index (χ3v) is 4.77. The summed E-state index contributed by atoms with van der Waals surface area (Å²) in [6, 6.07) is 7.33. The molecular weight excluding hydrogens is 328 g/mol. The summed E-state index contributed by atoms with van der Waals surface area (Å²) in [5, 5.41) is 12.3. The first kappa shape index (κ1) is 20.3. The molecule has 1 saturated carbocycles. The molecule has 1 N–H and O–H groups in total. The van der Waals surface area contributed by atoms with Crippen LogP contribution >= 0.6 is 0 Å². The minimum absolute atomic E-state index is 0.108. The van der Waals surface area contributed by atoms with E-state index >= 15 is 0 Å². The van der Waals surface area contributed by atoms with Crippen LogP contribution in [0, 0.1) is 17.2 Å². The third-order valence-electron chi connectivity index (χ3n) is 4.77. The summed E-state index contributed by atoms with van der Waals surface area (Å²) in [4.78, 5) is 13.0. The smallest absolute Gasteiger partial charge is 0.256 e. The van der Waals surface area contributed by atoms with Gasteiger partial charge < -0.3 is 14.8 Å². The van der Waals surface area contributed by atoms with Crippen LogP contribution in [0.25, 0.3) is 0 Å². The van der Waals surface area contributed by atoms with Gasteiger partial charge in [0.25, 0.3) is 5.91 Å². The second-order valence-electron chi connectivity index (χ2n) is 7.17. The molecule has 1 aromatic rings. The number of rotatable bonds is 8. The molecule has 1 amide bonds. The summed E-state index contributed by atoms with van der Waals surface area (Å²) >= 11 is 0. The fourth-order valence-electron chi connectivity index (χ4n) is 3.48. The predicted molar refractivity (Wildman–Crippen MR) is 102 cm³/mol. The van der Waals surface area contributed by atoms with Crippen molar-refractivity contribution in [3.05, 3.63) is 23.8 Å². The second kappa shape index (κ2) is 9.59. The molecule has 0 heterocycles. The van der Waals surface area contributed by atoms with Crippen molar-refractivity contribution in [2.24, 2.45) is 5.92 Å². The standard InChI is InChI=1S/C21H30N2O3/c1-4-11-25-19-9-8-18(13-17(19)15-22)23-20(24)21(26-12-5-2)10-6-7-16(3)14-21/h8-9,13,16H,4-7,10-12,14H2,1-3H3,(H,23,24)/t16-,21+/m1/s1. The van der Waals surface area contributed by atoms with Crippen LogP contribution in [0.3, 0.4) is 0 Å². The van der Waals surface area contributed by atoms with Gasteiger partial charge in [-0.3, -0.25) is 4.79 Å². The highest BCUT2D eigenvalue weighted by Crippen LogP contribution is 2.36. The Bertz CT molecular complexity index is 653. The molecular formula is C21H30N2O3. The van der Waals surface area contributed by atoms with Gasteiger partial charge in [0.2, 0.25) is 0 Å². The Hall–Kier alpha value is -2.06. The SMILES string of the molecule is CCCOc1ccc(NC(=O)[C@]2(OCCC)CCC[C@@H](C)C2)cc1C#N. The number of carbonyl (C=O) groups excluding carboxylic acids is 1. The summed E-state index contributed by atoms with van der Waals surface area (Å²) in [5.41, 5.74) is 0.266. The lowest BCUT2D eigenvalue weighted by Gasteiger charge is -2.38. The summed E-state index contributed by atoms with van der Waals surface area (Å²) in [6.45, 7) is 7.37. The molecule has 0 spiro atoms. The van der Waals surface area contributed by atoms with E-state index in [1.54, 1.807) is 18.2 Å². The number of amides is 1. The molecule has 26 heavy (non-hydrogen) atoms. The molecule has 0 bridgehead atoms. The van der Waals surface area contributed by atoms with Crippen molar-refractivity contribution in [3.8, 4) is 11.8 Å². The lowest BCUT2D eigenvalue weighted by Crippen LogP contribution is -2.48. The first-order valence-corrected chi connectivity index (χ1v) is 9.67. The molecule has 1 fully saturated rings. The minimum Gasteiger partial charge on any atom is -0.492 e. The van der Waals surface area contributed by atoms with Gasteiger partial charge in [-0.05, 0) is 56.2 Å². The molecule has 142 valence electrons. The van der Waals surface area contributed by atoms with Gasteiger partial charge in [-0.2, -0.15) is 5.26 Å². The van der Waals surface area contributed by atoms with Crippen LogP contribution in [0.15, 0.2) is 18.2 Å². The topological polar surface area (TPSA) is 71.3 Å². The van der Waals surface area contributed by atoms with E-state index in [2.05, 4.69) is 18.3 Å². The van der Waals surface area contributed by atoms with Gasteiger partial charge in [-0.1, -0.05) is 27.2 Å². The van der Waals surface area contributed by atoms with Crippen molar-refractivity contribution >= 4 is 11.6 Å². The number of hydrogen-bond acceptors (Lipinski definition) is 4. The first-order valence-electron chi connectivity index (χ1n) is 9.67. The van der Waals surface area contributed by atoms with Crippen LogP contribution in [0.5, 0.6) is 5.75 Å². The highest BCUT2D eigenvalue weighted by atomic mass is 16.5. The zero-order valence-electron chi connectivity index (χ0n) is 16.1. The summed E-state index contributed by atoms with van der Waals surface area (Å²) in [6.07, 6.45) is 5.36. The predicted octanol–water partition coefficient (Wildman–Crippen LogP) is 4.66. The van der Waals surface area contributed by atoms with Crippen molar-refractivity contribution in [1.82, 2.24) is 0 Å². The van der Waals surface area contributed by atoms with Gasteiger partial charge in [-0.15, -0.1) is 0 Å². The Morgan fingerprint density at radius 2 is 2.12 bits per heavy atom. The Kier molecular flexibility index (Phi) is 7.47. The Morgan fingerprint density at radius 1 is 1.35 bits per heavy atom. The molecule has 0 aliphatic heterocycles. The molecule has 0 radical (unpaired) electrons. The van der Waals surface area contributed by atoms with Gasteiger partial charge in [0.1, 0.15) is 17.4 Å². The largest absolute Gasteiger partial charge is 0.492 e. The maximum Gasteiger partial charge on any atom is 0.256 e. The van der Waals surface area contributed by atoms with Crippen LogP contribution in [-0.2, 0) is 9.53 Å². The van der Waals surface area contributed by atoms with Gasteiger partial charge in [0, 0.05) is 12.3 Å². The van der Waals surface area contributed by atoms with Crippen LogP contribution in [0.2, 0.25) is 0 Å². The number of hydrogen-bond donors (Lipinski definition) is 1. The van der Waals surface area contributed by atoms with Crippen LogP contribution in [0.4, 0.5) is 5.69 Å². The van der Waals surface area contributed by atoms with E-state index in [0.717, 1.165) is 38.5 Å². The second-order valence-corrected chi connectivity index (χ2v) is 7.17. The molecule has 0 unspecified atom stereocenters. The zero-order valence-corrected chi connectivity index (χ0v) is 16.1. The summed E-state index contributed by atoms with van der Waals surface area (Å²) in [7, 11) is 0. The highest BCUT2D eigenvalue weighted by molar-refractivity contribution is 5.97. The highest BCUT2D eigenvalue weighted by Gasteiger charge is 2.42. The Morgan fingerprint density at radius 3 is 2.77 bits per heavy atom. The van der Waals surface area contributed by atoms with Crippen LogP contribution in [-0.4, -0.2) is 24.7 Å². The lowest BCUT2D eigenvalue weighted by molar-refractivity contribution is -0.148. The molecule has 0 saturated heterocycles. The Balaban J connectivity index is 2.16. The van der Waals surface area contributed by atoms with Gasteiger partial charge in [-0.25, -0.2) is 0 Å². The van der Waals surface area contributed by atoms with Gasteiger partial charge in [0.15, 0.2) is 0 Å². The van der Waals surface area contributed by atoms with Crippen molar-refractivity contribution in [1.29, 1.82) is 5.26 Å². The fourth-order valence-corrected chi connectivity index (χ4v) is 3.48. The van der Waals surface area contributed by atoms with E-state index in [1.165, 1.54) is 0 Å². The molecule has 5 heteroatoms. The monoisotopic (exact) mass is 358 g/mol. The van der Waals surface area contributed by atoms with Crippen molar-refractivity contribution in [3.63, 3.8) is 0 Å². The molecule has 1 aromatic carbocycles. The average molecular weight is 358 g/mol. The van der Waals surface area contributed by atoms with Crippen LogP contribution in [0.1, 0.15) is 64.9 Å². The minimum atomic E-state index is -0.766. The number of ether oxygens (including phenoxy) is 2. The van der Waals surface area contributed by atoms with Gasteiger partial charge >= 0.3 is 0 Å². The number of nitriles is 1. The zero-order chi connectivity index (χ0) is 19.0. The number of benzene rings is 1. The molecule has 5 nitrogen and oxygen atoms in total. The maximum absolute atomic E-state index is 13.0. The fraction of sp³-hybridized carbons (Fsp3) is 0.619. The molecule has 1 aliphatic carbocycles. The van der Waals surface area contributed by atoms with Crippen LogP contribution < -0.4 is 10.1 Å². The molecule has 1 aliphatic rings. The normalized spacial score (nSPS) is 22.5. The molecule has 2 rings (SSSR count). The number of anilines is 1. The van der Waals surface area contributed by atoms with E-state index in [-0.39, 0.29) is 5.91 Å². The summed E-state index contributed by atoms with van der Waals surface area (Å²) in [5.74, 6) is 0.907. The van der Waals surface area contributed by atoms with E-state index in [1.807, 2.05) is 13.8 Å². The number of nitrogens with zero attached hydrogens (tertiary/aromatic N) is 1. The maximum atomic E-state index is 13.0. The van der Waals surface area contributed by atoms with Crippen molar-refractivity contribution < 1.29 is 14.3 Å². The molecule has 2 atom stereocenters. The first-order chi connectivity index (χ1) is 12.5. The van der Waals surface area contributed by atoms with Crippen molar-refractivity contribution in [2.75, 3.05) is 18.5 Å². The van der Waals surface area contributed by atoms with E-state index in [4.69, 9.17) is 9.47 Å². The van der Waals surface area contributed by atoms with E-state index in [9.17, 15) is 10.1 Å². The number of nitrogens with one attached hydrogen (secondary N) is 1. The molecule has 0 aromatic heterocycles. The average Bonchev–Trinajstić information content (AvgIpc) is 2.65. The summed E-state index contributed by atoms with van der Waals surface area (Å²) < 4.78 is 11.6. The Labute approximate surface area is 156 Å².